The standard InChI is InChI=1S/C10H12ClFN2O2S/c1-6(11)5-14-17(15,16)8-3-9(12)7(2)10(13)4-8/h3-4,14H,1,5,13H2,2H3. The van der Waals surface area contributed by atoms with Crippen LogP contribution in [0.15, 0.2) is 28.6 Å². The molecule has 0 radical (unpaired) electrons. The Hall–Kier alpha value is -1.11. The number of anilines is 1. The van der Waals surface area contributed by atoms with Crippen LogP contribution in [0.2, 0.25) is 0 Å². The van der Waals surface area contributed by atoms with Crippen molar-refractivity contribution < 1.29 is 12.8 Å². The van der Waals surface area contributed by atoms with E-state index < -0.39 is 15.8 Å². The molecule has 1 aromatic rings. The molecule has 0 bridgehead atoms. The van der Waals surface area contributed by atoms with Gasteiger partial charge in [0.05, 0.1) is 4.90 Å². The second kappa shape index (κ2) is 5.03. The molecule has 0 atom stereocenters. The van der Waals surface area contributed by atoms with E-state index in [1.54, 1.807) is 0 Å². The van der Waals surface area contributed by atoms with Gasteiger partial charge in [0.25, 0.3) is 0 Å². The van der Waals surface area contributed by atoms with E-state index >= 15 is 0 Å². The second-order valence-electron chi connectivity index (χ2n) is 3.46. The van der Waals surface area contributed by atoms with Crippen LogP contribution in [0.3, 0.4) is 0 Å². The maximum atomic E-state index is 13.4. The Bertz CT molecular complexity index is 534. The lowest BCUT2D eigenvalue weighted by atomic mass is 10.2. The number of hydrogen-bond acceptors (Lipinski definition) is 3. The molecule has 3 N–H and O–H groups in total. The van der Waals surface area contributed by atoms with E-state index in [-0.39, 0.29) is 27.7 Å². The molecule has 94 valence electrons. The molecule has 0 aliphatic heterocycles. The van der Waals surface area contributed by atoms with Crippen molar-refractivity contribution in [3.05, 3.63) is 35.1 Å². The van der Waals surface area contributed by atoms with E-state index in [1.165, 1.54) is 13.0 Å². The molecule has 0 spiro atoms. The van der Waals surface area contributed by atoms with Gasteiger partial charge in [0.15, 0.2) is 0 Å². The highest BCUT2D eigenvalue weighted by Crippen LogP contribution is 2.20. The molecular weight excluding hydrogens is 267 g/mol. The summed E-state index contributed by atoms with van der Waals surface area (Å²) in [7, 11) is -3.83. The molecule has 0 saturated carbocycles. The molecule has 1 aromatic carbocycles. The van der Waals surface area contributed by atoms with Crippen LogP contribution in [0, 0.1) is 12.7 Å². The number of nitrogen functional groups attached to an aromatic ring is 1. The highest BCUT2D eigenvalue weighted by atomic mass is 35.5. The van der Waals surface area contributed by atoms with Gasteiger partial charge in [-0.2, -0.15) is 0 Å². The molecule has 0 saturated heterocycles. The van der Waals surface area contributed by atoms with E-state index in [9.17, 15) is 12.8 Å². The highest BCUT2D eigenvalue weighted by Gasteiger charge is 2.17. The zero-order chi connectivity index (χ0) is 13.2. The summed E-state index contributed by atoms with van der Waals surface area (Å²) in [5.74, 6) is -0.671. The summed E-state index contributed by atoms with van der Waals surface area (Å²) in [5.41, 5.74) is 5.79. The van der Waals surface area contributed by atoms with Crippen molar-refractivity contribution in [3.8, 4) is 0 Å². The Morgan fingerprint density at radius 3 is 2.65 bits per heavy atom. The minimum absolute atomic E-state index is 0.0788. The molecular formula is C10H12ClFN2O2S. The molecule has 0 aromatic heterocycles. The fraction of sp³-hybridized carbons (Fsp3) is 0.200. The Labute approximate surface area is 104 Å². The number of nitrogens with one attached hydrogen (secondary N) is 1. The number of hydrogen-bond donors (Lipinski definition) is 2. The van der Waals surface area contributed by atoms with Crippen molar-refractivity contribution in [3.63, 3.8) is 0 Å². The van der Waals surface area contributed by atoms with Crippen LogP contribution in [-0.4, -0.2) is 15.0 Å². The fourth-order valence-electron chi connectivity index (χ4n) is 1.09. The molecule has 0 unspecified atom stereocenters. The molecule has 7 heteroatoms. The van der Waals surface area contributed by atoms with Crippen molar-refractivity contribution in [1.82, 2.24) is 4.72 Å². The van der Waals surface area contributed by atoms with Crippen molar-refractivity contribution in [1.29, 1.82) is 0 Å². The summed E-state index contributed by atoms with van der Waals surface area (Å²) in [6, 6.07) is 2.10. The third-order valence-electron chi connectivity index (χ3n) is 2.12. The van der Waals surface area contributed by atoms with Crippen molar-refractivity contribution in [2.75, 3.05) is 12.3 Å². The van der Waals surface area contributed by atoms with Gasteiger partial charge in [-0.3, -0.25) is 0 Å². The SMILES string of the molecule is C=C(Cl)CNS(=O)(=O)c1cc(N)c(C)c(F)c1. The lowest BCUT2D eigenvalue weighted by Gasteiger charge is -2.08. The quantitative estimate of drug-likeness (QED) is 0.824. The van der Waals surface area contributed by atoms with Gasteiger partial charge in [-0.05, 0) is 19.1 Å². The lowest BCUT2D eigenvalue weighted by Crippen LogP contribution is -2.25. The number of rotatable bonds is 4. The minimum Gasteiger partial charge on any atom is -0.398 e. The van der Waals surface area contributed by atoms with Gasteiger partial charge in [0.2, 0.25) is 10.0 Å². The summed E-state index contributed by atoms with van der Waals surface area (Å²) >= 11 is 5.44. The predicted octanol–water partition coefficient (Wildman–Crippen LogP) is 1.75. The summed E-state index contributed by atoms with van der Waals surface area (Å²) in [4.78, 5) is -0.240. The Morgan fingerprint density at radius 2 is 2.18 bits per heavy atom. The Kier molecular flexibility index (Phi) is 4.13. The molecule has 17 heavy (non-hydrogen) atoms. The predicted molar refractivity (Wildman–Crippen MR) is 65.7 cm³/mol. The van der Waals surface area contributed by atoms with Crippen LogP contribution < -0.4 is 10.5 Å². The summed E-state index contributed by atoms with van der Waals surface area (Å²) in [6.45, 7) is 4.68. The average Bonchev–Trinajstić information content (AvgIpc) is 2.22. The first-order valence-corrected chi connectivity index (χ1v) is 6.48. The molecule has 1 rings (SSSR count). The maximum Gasteiger partial charge on any atom is 0.241 e. The third kappa shape index (κ3) is 3.42. The van der Waals surface area contributed by atoms with Crippen molar-refractivity contribution in [2.24, 2.45) is 0 Å². The van der Waals surface area contributed by atoms with Crippen LogP contribution in [-0.2, 0) is 10.0 Å². The maximum absolute atomic E-state index is 13.4. The number of benzene rings is 1. The lowest BCUT2D eigenvalue weighted by molar-refractivity contribution is 0.580. The third-order valence-corrected chi connectivity index (χ3v) is 3.64. The second-order valence-corrected chi connectivity index (χ2v) is 5.76. The molecule has 0 aliphatic carbocycles. The summed E-state index contributed by atoms with van der Waals surface area (Å²) in [5, 5.41) is 0.133. The smallest absolute Gasteiger partial charge is 0.241 e. The van der Waals surface area contributed by atoms with Crippen LogP contribution in [0.5, 0.6) is 0 Å². The number of nitrogens with two attached hydrogens (primary N) is 1. The number of halogens is 2. The van der Waals surface area contributed by atoms with Crippen LogP contribution >= 0.6 is 11.6 Å². The Balaban J connectivity index is 3.12. The molecule has 0 fully saturated rings. The van der Waals surface area contributed by atoms with Crippen molar-refractivity contribution in [2.45, 2.75) is 11.8 Å². The first-order chi connectivity index (χ1) is 7.74. The number of sulfonamides is 1. The van der Waals surface area contributed by atoms with E-state index in [2.05, 4.69) is 11.3 Å². The van der Waals surface area contributed by atoms with Gasteiger partial charge < -0.3 is 5.73 Å². The molecule has 0 aliphatic rings. The first kappa shape index (κ1) is 14.0. The van der Waals surface area contributed by atoms with E-state index in [0.717, 1.165) is 6.07 Å². The van der Waals surface area contributed by atoms with E-state index in [1.807, 2.05) is 0 Å². The molecule has 0 amide bonds. The zero-order valence-electron chi connectivity index (χ0n) is 9.13. The van der Waals surface area contributed by atoms with Crippen LogP contribution in [0.4, 0.5) is 10.1 Å². The molecule has 4 nitrogen and oxygen atoms in total. The largest absolute Gasteiger partial charge is 0.398 e. The van der Waals surface area contributed by atoms with Crippen molar-refractivity contribution >= 4 is 27.3 Å². The van der Waals surface area contributed by atoms with Gasteiger partial charge in [-0.1, -0.05) is 18.2 Å². The summed E-state index contributed by atoms with van der Waals surface area (Å²) in [6.07, 6.45) is 0. The topological polar surface area (TPSA) is 72.2 Å². The van der Waals surface area contributed by atoms with Gasteiger partial charge in [-0.15, -0.1) is 0 Å². The van der Waals surface area contributed by atoms with Gasteiger partial charge in [-0.25, -0.2) is 17.5 Å². The van der Waals surface area contributed by atoms with Crippen LogP contribution in [0.25, 0.3) is 0 Å². The van der Waals surface area contributed by atoms with Crippen LogP contribution in [0.1, 0.15) is 5.56 Å². The van der Waals surface area contributed by atoms with E-state index in [4.69, 9.17) is 17.3 Å². The Morgan fingerprint density at radius 1 is 1.59 bits per heavy atom. The zero-order valence-corrected chi connectivity index (χ0v) is 10.7. The minimum atomic E-state index is -3.83. The fourth-order valence-corrected chi connectivity index (χ4v) is 2.30. The molecule has 0 heterocycles. The average molecular weight is 279 g/mol. The highest BCUT2D eigenvalue weighted by molar-refractivity contribution is 7.89. The normalized spacial score (nSPS) is 11.5. The monoisotopic (exact) mass is 278 g/mol. The van der Waals surface area contributed by atoms with Gasteiger partial charge >= 0.3 is 0 Å². The van der Waals surface area contributed by atoms with E-state index in [0.29, 0.717) is 0 Å². The van der Waals surface area contributed by atoms with Gasteiger partial charge in [0, 0.05) is 22.8 Å². The van der Waals surface area contributed by atoms with Gasteiger partial charge in [0.1, 0.15) is 5.82 Å². The summed E-state index contributed by atoms with van der Waals surface area (Å²) < 4.78 is 39.0. The first-order valence-electron chi connectivity index (χ1n) is 4.62.